The SMILES string of the molecule is COc1ccc(CN(Cc2nc3ccccc3[nH]2)CC2CCCO2)c(OC)c1OC. The number of aromatic nitrogens is 2. The number of methoxy groups -OCH3 is 3. The first-order chi connectivity index (χ1) is 14.7. The smallest absolute Gasteiger partial charge is 0.203 e. The molecule has 1 aliphatic heterocycles. The van der Waals surface area contributed by atoms with Crippen LogP contribution >= 0.6 is 0 Å². The molecule has 1 atom stereocenters. The second-order valence-corrected chi connectivity index (χ2v) is 7.50. The van der Waals surface area contributed by atoms with E-state index in [4.69, 9.17) is 23.9 Å². The first kappa shape index (κ1) is 20.5. The van der Waals surface area contributed by atoms with Gasteiger partial charge in [-0.15, -0.1) is 0 Å². The predicted molar refractivity (Wildman–Crippen MR) is 115 cm³/mol. The molecule has 3 aromatic rings. The predicted octanol–water partition coefficient (Wildman–Crippen LogP) is 3.77. The van der Waals surface area contributed by atoms with Gasteiger partial charge in [0.25, 0.3) is 0 Å². The average Bonchev–Trinajstić information content (AvgIpc) is 3.42. The Morgan fingerprint density at radius 1 is 1.03 bits per heavy atom. The van der Waals surface area contributed by atoms with Gasteiger partial charge in [-0.05, 0) is 31.0 Å². The molecule has 1 aromatic heterocycles. The highest BCUT2D eigenvalue weighted by atomic mass is 16.5. The first-order valence-corrected chi connectivity index (χ1v) is 10.3. The number of hydrogen-bond acceptors (Lipinski definition) is 6. The molecule has 7 nitrogen and oxygen atoms in total. The number of nitrogens with zero attached hydrogens (tertiary/aromatic N) is 2. The topological polar surface area (TPSA) is 68.8 Å². The fourth-order valence-corrected chi connectivity index (χ4v) is 4.08. The highest BCUT2D eigenvalue weighted by molar-refractivity contribution is 5.74. The third-order valence-corrected chi connectivity index (χ3v) is 5.48. The summed E-state index contributed by atoms with van der Waals surface area (Å²) in [5.74, 6) is 2.90. The van der Waals surface area contributed by atoms with Crippen molar-refractivity contribution in [2.24, 2.45) is 0 Å². The highest BCUT2D eigenvalue weighted by Crippen LogP contribution is 2.40. The quantitative estimate of drug-likeness (QED) is 0.578. The van der Waals surface area contributed by atoms with Crippen LogP contribution in [-0.2, 0) is 17.8 Å². The lowest BCUT2D eigenvalue weighted by atomic mass is 10.1. The number of imidazole rings is 1. The number of H-pyrrole nitrogens is 1. The van der Waals surface area contributed by atoms with E-state index in [0.717, 1.165) is 48.4 Å². The molecule has 4 rings (SSSR count). The molecule has 0 saturated carbocycles. The third kappa shape index (κ3) is 4.37. The zero-order valence-corrected chi connectivity index (χ0v) is 17.8. The van der Waals surface area contributed by atoms with E-state index in [1.165, 1.54) is 0 Å². The standard InChI is InChI=1S/C23H29N3O4/c1-27-20-11-10-16(22(28-2)23(20)29-3)13-26(14-17-7-6-12-30-17)15-21-24-18-8-4-5-9-19(18)25-21/h4-5,8-11,17H,6-7,12-15H2,1-3H3,(H,24,25). The Kier molecular flexibility index (Phi) is 6.40. The van der Waals surface area contributed by atoms with Gasteiger partial charge in [-0.25, -0.2) is 4.98 Å². The minimum absolute atomic E-state index is 0.237. The Hall–Kier alpha value is -2.77. The van der Waals surface area contributed by atoms with Crippen LogP contribution in [0.15, 0.2) is 36.4 Å². The first-order valence-electron chi connectivity index (χ1n) is 10.3. The summed E-state index contributed by atoms with van der Waals surface area (Å²) < 4.78 is 22.6. The van der Waals surface area contributed by atoms with E-state index >= 15 is 0 Å². The van der Waals surface area contributed by atoms with Crippen molar-refractivity contribution in [1.82, 2.24) is 14.9 Å². The number of benzene rings is 2. The van der Waals surface area contributed by atoms with E-state index in [-0.39, 0.29) is 6.10 Å². The maximum Gasteiger partial charge on any atom is 0.203 e. The number of fused-ring (bicyclic) bond motifs is 1. The maximum absolute atomic E-state index is 5.91. The molecular weight excluding hydrogens is 382 g/mol. The van der Waals surface area contributed by atoms with Crippen molar-refractivity contribution in [3.05, 3.63) is 47.8 Å². The van der Waals surface area contributed by atoms with Crippen LogP contribution in [0.25, 0.3) is 11.0 Å². The molecule has 7 heteroatoms. The Labute approximate surface area is 176 Å². The largest absolute Gasteiger partial charge is 0.493 e. The number of hydrogen-bond donors (Lipinski definition) is 1. The van der Waals surface area contributed by atoms with Gasteiger partial charge in [-0.2, -0.15) is 0 Å². The molecule has 0 radical (unpaired) electrons. The Bertz CT molecular complexity index is 949. The van der Waals surface area contributed by atoms with E-state index in [1.54, 1.807) is 21.3 Å². The van der Waals surface area contributed by atoms with Crippen molar-refractivity contribution in [3.63, 3.8) is 0 Å². The van der Waals surface area contributed by atoms with E-state index in [2.05, 4.69) is 9.88 Å². The molecule has 0 amide bonds. The van der Waals surface area contributed by atoms with Gasteiger partial charge in [0.15, 0.2) is 11.5 Å². The van der Waals surface area contributed by atoms with Crippen LogP contribution in [0.5, 0.6) is 17.2 Å². The van der Waals surface area contributed by atoms with Crippen LogP contribution in [0.2, 0.25) is 0 Å². The van der Waals surface area contributed by atoms with Gasteiger partial charge in [0.05, 0.1) is 45.0 Å². The lowest BCUT2D eigenvalue weighted by molar-refractivity contribution is 0.0668. The average molecular weight is 412 g/mol. The second-order valence-electron chi connectivity index (χ2n) is 7.50. The normalized spacial score (nSPS) is 16.3. The van der Waals surface area contributed by atoms with Gasteiger partial charge in [0.2, 0.25) is 5.75 Å². The summed E-state index contributed by atoms with van der Waals surface area (Å²) in [6.07, 6.45) is 2.43. The van der Waals surface area contributed by atoms with E-state index in [1.807, 2.05) is 36.4 Å². The zero-order chi connectivity index (χ0) is 20.9. The van der Waals surface area contributed by atoms with Crippen LogP contribution in [0.3, 0.4) is 0 Å². The van der Waals surface area contributed by atoms with Crippen LogP contribution in [0.1, 0.15) is 24.2 Å². The van der Waals surface area contributed by atoms with Gasteiger partial charge in [-0.1, -0.05) is 18.2 Å². The van der Waals surface area contributed by atoms with Crippen molar-refractivity contribution < 1.29 is 18.9 Å². The molecule has 160 valence electrons. The minimum Gasteiger partial charge on any atom is -0.493 e. The van der Waals surface area contributed by atoms with E-state index < -0.39 is 0 Å². The van der Waals surface area contributed by atoms with Crippen molar-refractivity contribution >= 4 is 11.0 Å². The third-order valence-electron chi connectivity index (χ3n) is 5.48. The molecular formula is C23H29N3O4. The molecule has 1 saturated heterocycles. The van der Waals surface area contributed by atoms with E-state index in [9.17, 15) is 0 Å². The molecule has 0 spiro atoms. The fourth-order valence-electron chi connectivity index (χ4n) is 4.08. The molecule has 30 heavy (non-hydrogen) atoms. The van der Waals surface area contributed by atoms with Gasteiger partial charge in [0.1, 0.15) is 5.82 Å². The van der Waals surface area contributed by atoms with Crippen molar-refractivity contribution in [2.75, 3.05) is 34.5 Å². The number of aromatic amines is 1. The fraction of sp³-hybridized carbons (Fsp3) is 0.435. The van der Waals surface area contributed by atoms with Crippen molar-refractivity contribution in [2.45, 2.75) is 32.0 Å². The van der Waals surface area contributed by atoms with Gasteiger partial charge in [0, 0.05) is 25.3 Å². The molecule has 0 aliphatic carbocycles. The van der Waals surface area contributed by atoms with Crippen molar-refractivity contribution in [3.8, 4) is 17.2 Å². The van der Waals surface area contributed by atoms with E-state index in [0.29, 0.717) is 30.3 Å². The molecule has 1 N–H and O–H groups in total. The summed E-state index contributed by atoms with van der Waals surface area (Å²) in [5.41, 5.74) is 3.06. The Morgan fingerprint density at radius 3 is 2.57 bits per heavy atom. The van der Waals surface area contributed by atoms with Crippen LogP contribution in [0.4, 0.5) is 0 Å². The summed E-state index contributed by atoms with van der Waals surface area (Å²) in [6, 6.07) is 12.0. The van der Waals surface area contributed by atoms with Crippen LogP contribution in [-0.4, -0.2) is 55.5 Å². The molecule has 1 aliphatic rings. The van der Waals surface area contributed by atoms with Crippen molar-refractivity contribution in [1.29, 1.82) is 0 Å². The number of ether oxygens (including phenoxy) is 4. The van der Waals surface area contributed by atoms with Gasteiger partial charge in [-0.3, -0.25) is 4.90 Å². The molecule has 2 aromatic carbocycles. The summed E-state index contributed by atoms with van der Waals surface area (Å²) >= 11 is 0. The summed E-state index contributed by atoms with van der Waals surface area (Å²) in [4.78, 5) is 10.5. The number of nitrogens with one attached hydrogen (secondary N) is 1. The summed E-state index contributed by atoms with van der Waals surface area (Å²) in [5, 5.41) is 0. The molecule has 2 heterocycles. The molecule has 1 unspecified atom stereocenters. The Morgan fingerprint density at radius 2 is 1.87 bits per heavy atom. The summed E-state index contributed by atoms with van der Waals surface area (Å²) in [6.45, 7) is 3.03. The second kappa shape index (κ2) is 9.36. The lowest BCUT2D eigenvalue weighted by Gasteiger charge is -2.26. The molecule has 1 fully saturated rings. The van der Waals surface area contributed by atoms with Crippen LogP contribution < -0.4 is 14.2 Å². The zero-order valence-electron chi connectivity index (χ0n) is 17.8. The Balaban J connectivity index is 1.61. The maximum atomic E-state index is 5.91. The highest BCUT2D eigenvalue weighted by Gasteiger charge is 2.23. The van der Waals surface area contributed by atoms with Gasteiger partial charge < -0.3 is 23.9 Å². The monoisotopic (exact) mass is 411 g/mol. The number of rotatable bonds is 9. The molecule has 0 bridgehead atoms. The van der Waals surface area contributed by atoms with Gasteiger partial charge >= 0.3 is 0 Å². The van der Waals surface area contributed by atoms with Crippen LogP contribution in [0, 0.1) is 0 Å². The minimum atomic E-state index is 0.237. The summed E-state index contributed by atoms with van der Waals surface area (Å²) in [7, 11) is 4.91. The number of para-hydroxylation sites is 2. The lowest BCUT2D eigenvalue weighted by Crippen LogP contribution is -2.32.